The zero-order valence-corrected chi connectivity index (χ0v) is 12.5. The number of aryl methyl sites for hydroxylation is 1. The number of benzene rings is 2. The van der Waals surface area contributed by atoms with E-state index < -0.39 is 0 Å². The molecule has 0 radical (unpaired) electrons. The average Bonchev–Trinajstić information content (AvgIpc) is 2.43. The summed E-state index contributed by atoms with van der Waals surface area (Å²) in [6, 6.07) is 13.1. The average molecular weight is 292 g/mol. The van der Waals surface area contributed by atoms with Gasteiger partial charge in [0.05, 0.1) is 0 Å². The lowest BCUT2D eigenvalue weighted by Gasteiger charge is -2.18. The number of nitrogens with one attached hydrogen (secondary N) is 1. The Bertz CT molecular complexity index is 566. The number of rotatable bonds is 5. The van der Waals surface area contributed by atoms with Crippen LogP contribution >= 0.6 is 11.6 Å². The molecule has 0 aromatic heterocycles. The van der Waals surface area contributed by atoms with E-state index in [4.69, 9.17) is 11.6 Å². The molecule has 1 N–H and O–H groups in total. The summed E-state index contributed by atoms with van der Waals surface area (Å²) >= 11 is 5.91. The number of halogens is 2. The highest BCUT2D eigenvalue weighted by molar-refractivity contribution is 6.30. The van der Waals surface area contributed by atoms with Crippen LogP contribution in [0.3, 0.4) is 0 Å². The first kappa shape index (κ1) is 15.0. The van der Waals surface area contributed by atoms with Crippen molar-refractivity contribution in [2.75, 3.05) is 0 Å². The molecule has 1 nitrogen and oxygen atoms in total. The van der Waals surface area contributed by atoms with Gasteiger partial charge in [0.15, 0.2) is 0 Å². The van der Waals surface area contributed by atoms with Gasteiger partial charge in [-0.05, 0) is 54.3 Å². The minimum absolute atomic E-state index is 0.184. The van der Waals surface area contributed by atoms with Gasteiger partial charge in [-0.3, -0.25) is 0 Å². The quantitative estimate of drug-likeness (QED) is 0.815. The van der Waals surface area contributed by atoms with E-state index in [1.165, 1.54) is 11.6 Å². The summed E-state index contributed by atoms with van der Waals surface area (Å²) in [5, 5.41) is 4.26. The SMILES string of the molecule is CCC(NCc1ccc(F)cc1C)c1ccc(Cl)cc1. The van der Waals surface area contributed by atoms with E-state index in [9.17, 15) is 4.39 Å². The molecular formula is C17H19ClFN. The van der Waals surface area contributed by atoms with Crippen LogP contribution < -0.4 is 5.32 Å². The highest BCUT2D eigenvalue weighted by Crippen LogP contribution is 2.20. The minimum Gasteiger partial charge on any atom is -0.306 e. The molecule has 20 heavy (non-hydrogen) atoms. The topological polar surface area (TPSA) is 12.0 Å². The van der Waals surface area contributed by atoms with Gasteiger partial charge in [0.2, 0.25) is 0 Å². The third kappa shape index (κ3) is 3.81. The van der Waals surface area contributed by atoms with Crippen molar-refractivity contribution in [2.45, 2.75) is 32.9 Å². The molecule has 3 heteroatoms. The molecule has 106 valence electrons. The molecule has 1 atom stereocenters. The summed E-state index contributed by atoms with van der Waals surface area (Å²) in [5.41, 5.74) is 3.32. The van der Waals surface area contributed by atoms with Gasteiger partial charge in [-0.2, -0.15) is 0 Å². The second kappa shape index (κ2) is 6.87. The van der Waals surface area contributed by atoms with Gasteiger partial charge < -0.3 is 5.32 Å². The van der Waals surface area contributed by atoms with Crippen LogP contribution in [0.2, 0.25) is 5.02 Å². The molecule has 0 amide bonds. The van der Waals surface area contributed by atoms with Gasteiger partial charge in [-0.15, -0.1) is 0 Å². The van der Waals surface area contributed by atoms with Gasteiger partial charge in [0, 0.05) is 17.6 Å². The summed E-state index contributed by atoms with van der Waals surface area (Å²) in [7, 11) is 0. The summed E-state index contributed by atoms with van der Waals surface area (Å²) in [6.07, 6.45) is 0.988. The van der Waals surface area contributed by atoms with E-state index >= 15 is 0 Å². The second-order valence-electron chi connectivity index (χ2n) is 4.96. The zero-order valence-electron chi connectivity index (χ0n) is 11.8. The summed E-state index contributed by atoms with van der Waals surface area (Å²) < 4.78 is 13.1. The van der Waals surface area contributed by atoms with Gasteiger partial charge in [0.25, 0.3) is 0 Å². The minimum atomic E-state index is -0.184. The van der Waals surface area contributed by atoms with Crippen molar-refractivity contribution in [1.82, 2.24) is 5.32 Å². The Morgan fingerprint density at radius 1 is 1.15 bits per heavy atom. The summed E-state index contributed by atoms with van der Waals surface area (Å²) in [5.74, 6) is -0.184. The van der Waals surface area contributed by atoms with E-state index in [-0.39, 0.29) is 11.9 Å². The third-order valence-electron chi connectivity index (χ3n) is 3.52. The molecule has 0 bridgehead atoms. The fraction of sp³-hybridized carbons (Fsp3) is 0.294. The van der Waals surface area contributed by atoms with Crippen LogP contribution in [0.25, 0.3) is 0 Å². The molecule has 0 aliphatic rings. The smallest absolute Gasteiger partial charge is 0.123 e. The van der Waals surface area contributed by atoms with Gasteiger partial charge in [0.1, 0.15) is 5.82 Å². The number of hydrogen-bond acceptors (Lipinski definition) is 1. The fourth-order valence-corrected chi connectivity index (χ4v) is 2.41. The molecule has 2 aromatic rings. The Hall–Kier alpha value is -1.38. The van der Waals surface area contributed by atoms with Crippen LogP contribution in [0.15, 0.2) is 42.5 Å². The molecule has 0 aliphatic carbocycles. The predicted molar refractivity (Wildman–Crippen MR) is 82.5 cm³/mol. The van der Waals surface area contributed by atoms with E-state index in [1.54, 1.807) is 6.07 Å². The van der Waals surface area contributed by atoms with E-state index in [1.807, 2.05) is 37.3 Å². The highest BCUT2D eigenvalue weighted by Gasteiger charge is 2.09. The van der Waals surface area contributed by atoms with Gasteiger partial charge in [-0.1, -0.05) is 36.7 Å². The highest BCUT2D eigenvalue weighted by atomic mass is 35.5. The van der Waals surface area contributed by atoms with Crippen molar-refractivity contribution in [3.8, 4) is 0 Å². The standard InChI is InChI=1S/C17H19ClFN/c1-3-17(13-4-7-15(18)8-5-13)20-11-14-6-9-16(19)10-12(14)2/h4-10,17,20H,3,11H2,1-2H3. The van der Waals surface area contributed by atoms with Crippen LogP contribution in [-0.2, 0) is 6.54 Å². The van der Waals surface area contributed by atoms with Crippen molar-refractivity contribution in [1.29, 1.82) is 0 Å². The summed E-state index contributed by atoms with van der Waals surface area (Å²) in [6.45, 7) is 4.81. The normalized spacial score (nSPS) is 12.4. The molecule has 0 heterocycles. The molecule has 0 spiro atoms. The molecule has 0 aliphatic heterocycles. The van der Waals surface area contributed by atoms with E-state index in [0.717, 1.165) is 29.1 Å². The van der Waals surface area contributed by atoms with E-state index in [2.05, 4.69) is 12.2 Å². The molecule has 2 aromatic carbocycles. The Kier molecular flexibility index (Phi) is 5.16. The van der Waals surface area contributed by atoms with Crippen LogP contribution in [0, 0.1) is 12.7 Å². The Morgan fingerprint density at radius 3 is 2.45 bits per heavy atom. The summed E-state index contributed by atoms with van der Waals surface area (Å²) in [4.78, 5) is 0. The Labute approximate surface area is 124 Å². The van der Waals surface area contributed by atoms with Crippen LogP contribution in [0.4, 0.5) is 4.39 Å². The van der Waals surface area contributed by atoms with Gasteiger partial charge >= 0.3 is 0 Å². The maximum absolute atomic E-state index is 13.1. The molecule has 1 unspecified atom stereocenters. The lowest BCUT2D eigenvalue weighted by molar-refractivity contribution is 0.517. The fourth-order valence-electron chi connectivity index (χ4n) is 2.28. The van der Waals surface area contributed by atoms with Crippen molar-refractivity contribution in [3.63, 3.8) is 0 Å². The maximum Gasteiger partial charge on any atom is 0.123 e. The van der Waals surface area contributed by atoms with Crippen molar-refractivity contribution in [3.05, 3.63) is 70.0 Å². The lowest BCUT2D eigenvalue weighted by Crippen LogP contribution is -2.20. The third-order valence-corrected chi connectivity index (χ3v) is 3.78. The first-order valence-corrected chi connectivity index (χ1v) is 7.22. The lowest BCUT2D eigenvalue weighted by atomic mass is 10.0. The second-order valence-corrected chi connectivity index (χ2v) is 5.40. The number of hydrogen-bond donors (Lipinski definition) is 1. The Morgan fingerprint density at radius 2 is 1.85 bits per heavy atom. The first-order valence-electron chi connectivity index (χ1n) is 6.84. The maximum atomic E-state index is 13.1. The van der Waals surface area contributed by atoms with Crippen LogP contribution in [-0.4, -0.2) is 0 Å². The largest absolute Gasteiger partial charge is 0.306 e. The van der Waals surface area contributed by atoms with Crippen molar-refractivity contribution >= 4 is 11.6 Å². The first-order chi connectivity index (χ1) is 9.60. The molecule has 2 rings (SSSR count). The molecule has 0 fully saturated rings. The van der Waals surface area contributed by atoms with Crippen LogP contribution in [0.1, 0.15) is 36.1 Å². The molecule has 0 saturated carbocycles. The Balaban J connectivity index is 2.05. The zero-order chi connectivity index (χ0) is 14.5. The predicted octanol–water partition coefficient (Wildman–Crippen LogP) is 5.03. The van der Waals surface area contributed by atoms with Crippen molar-refractivity contribution in [2.24, 2.45) is 0 Å². The monoisotopic (exact) mass is 291 g/mol. The molecular weight excluding hydrogens is 273 g/mol. The van der Waals surface area contributed by atoms with Gasteiger partial charge in [-0.25, -0.2) is 4.39 Å². The molecule has 0 saturated heterocycles. The van der Waals surface area contributed by atoms with E-state index in [0.29, 0.717) is 0 Å². The van der Waals surface area contributed by atoms with Crippen molar-refractivity contribution < 1.29 is 4.39 Å². The van der Waals surface area contributed by atoms with Crippen LogP contribution in [0.5, 0.6) is 0 Å².